The van der Waals surface area contributed by atoms with Crippen LogP contribution in [0, 0.1) is 5.82 Å². The van der Waals surface area contributed by atoms with Crippen molar-refractivity contribution in [1.29, 1.82) is 0 Å². The van der Waals surface area contributed by atoms with Crippen LogP contribution in [0.25, 0.3) is 11.1 Å². The zero-order chi connectivity index (χ0) is 12.5. The number of fused-ring (bicyclic) bond motifs is 1. The maximum absolute atomic E-state index is 13.1. The van der Waals surface area contributed by atoms with Crippen molar-refractivity contribution in [2.45, 2.75) is 32.1 Å². The number of nitrogens with two attached hydrogens (primary N) is 1. The van der Waals surface area contributed by atoms with E-state index in [4.69, 9.17) is 10.2 Å². The fraction of sp³-hybridized carbons (Fsp3) is 0.462. The molecule has 0 aliphatic heterocycles. The Labute approximate surface area is 99.8 Å². The molecule has 0 saturated carbocycles. The lowest BCUT2D eigenvalue weighted by Crippen LogP contribution is -2.34. The molecule has 92 valence electrons. The fourth-order valence-electron chi connectivity index (χ4n) is 2.06. The third-order valence-electron chi connectivity index (χ3n) is 3.55. The van der Waals surface area contributed by atoms with E-state index < -0.39 is 0 Å². The molecule has 2 N–H and O–H groups in total. The Morgan fingerprint density at radius 3 is 2.65 bits per heavy atom. The quantitative estimate of drug-likeness (QED) is 0.887. The monoisotopic (exact) mass is 236 g/mol. The van der Waals surface area contributed by atoms with Gasteiger partial charge in [0.1, 0.15) is 11.3 Å². The fourth-order valence-corrected chi connectivity index (χ4v) is 2.06. The Kier molecular flexibility index (Phi) is 3.15. The summed E-state index contributed by atoms with van der Waals surface area (Å²) in [5.41, 5.74) is 6.77. The van der Waals surface area contributed by atoms with Gasteiger partial charge in [-0.05, 0) is 25.0 Å². The standard InChI is InChI=1S/C13H17FN2O/c1-3-13(4-2,8-15)12-16-10-7-9(14)5-6-11(10)17-12/h5-7H,3-4,8,15H2,1-2H3. The third kappa shape index (κ3) is 1.93. The van der Waals surface area contributed by atoms with Gasteiger partial charge in [-0.2, -0.15) is 0 Å². The molecule has 0 amide bonds. The molecule has 0 saturated heterocycles. The molecule has 1 heterocycles. The van der Waals surface area contributed by atoms with E-state index in [1.807, 2.05) is 0 Å². The molecule has 0 aliphatic carbocycles. The van der Waals surface area contributed by atoms with Crippen LogP contribution in [0.4, 0.5) is 4.39 Å². The van der Waals surface area contributed by atoms with Crippen LogP contribution >= 0.6 is 0 Å². The molecule has 0 aliphatic rings. The van der Waals surface area contributed by atoms with Crippen LogP contribution in [0.15, 0.2) is 22.6 Å². The number of oxazole rings is 1. The molecule has 0 unspecified atom stereocenters. The van der Waals surface area contributed by atoms with Crippen molar-refractivity contribution in [2.75, 3.05) is 6.54 Å². The van der Waals surface area contributed by atoms with Crippen molar-refractivity contribution < 1.29 is 8.81 Å². The van der Waals surface area contributed by atoms with Gasteiger partial charge >= 0.3 is 0 Å². The molecule has 3 nitrogen and oxygen atoms in total. The summed E-state index contributed by atoms with van der Waals surface area (Å²) in [4.78, 5) is 4.37. The summed E-state index contributed by atoms with van der Waals surface area (Å²) >= 11 is 0. The topological polar surface area (TPSA) is 52.0 Å². The SMILES string of the molecule is CCC(CC)(CN)c1nc2cc(F)ccc2o1. The number of rotatable bonds is 4. The first-order chi connectivity index (χ1) is 8.15. The Morgan fingerprint density at radius 2 is 2.06 bits per heavy atom. The molecule has 17 heavy (non-hydrogen) atoms. The van der Waals surface area contributed by atoms with Gasteiger partial charge in [-0.25, -0.2) is 9.37 Å². The zero-order valence-electron chi connectivity index (χ0n) is 10.2. The normalized spacial score (nSPS) is 12.2. The first kappa shape index (κ1) is 12.0. The number of aromatic nitrogens is 1. The van der Waals surface area contributed by atoms with Crippen molar-refractivity contribution >= 4 is 11.1 Å². The molecule has 0 atom stereocenters. The van der Waals surface area contributed by atoms with E-state index in [2.05, 4.69) is 18.8 Å². The van der Waals surface area contributed by atoms with Gasteiger partial charge in [0, 0.05) is 12.6 Å². The van der Waals surface area contributed by atoms with Crippen molar-refractivity contribution in [3.05, 3.63) is 29.9 Å². The van der Waals surface area contributed by atoms with Crippen LogP contribution in [-0.2, 0) is 5.41 Å². The summed E-state index contributed by atoms with van der Waals surface area (Å²) in [5, 5.41) is 0. The van der Waals surface area contributed by atoms with E-state index in [0.29, 0.717) is 23.5 Å². The average molecular weight is 236 g/mol. The molecule has 2 aromatic rings. The maximum Gasteiger partial charge on any atom is 0.202 e. The summed E-state index contributed by atoms with van der Waals surface area (Å²) in [7, 11) is 0. The van der Waals surface area contributed by atoms with Crippen molar-refractivity contribution in [3.63, 3.8) is 0 Å². The smallest absolute Gasteiger partial charge is 0.202 e. The number of halogens is 1. The van der Waals surface area contributed by atoms with Crippen molar-refractivity contribution in [1.82, 2.24) is 4.98 Å². The van der Waals surface area contributed by atoms with E-state index in [1.54, 1.807) is 6.07 Å². The summed E-state index contributed by atoms with van der Waals surface area (Å²) in [6.45, 7) is 4.60. The Morgan fingerprint density at radius 1 is 1.35 bits per heavy atom. The van der Waals surface area contributed by atoms with Crippen molar-refractivity contribution in [3.8, 4) is 0 Å². The Bertz CT molecular complexity index is 509. The number of nitrogens with zero attached hydrogens (tertiary/aromatic N) is 1. The molecule has 1 aromatic carbocycles. The minimum absolute atomic E-state index is 0.241. The van der Waals surface area contributed by atoms with Gasteiger partial charge in [0.05, 0.1) is 5.41 Å². The Hall–Kier alpha value is -1.42. The van der Waals surface area contributed by atoms with Gasteiger partial charge in [-0.3, -0.25) is 0 Å². The number of hydrogen-bond donors (Lipinski definition) is 1. The van der Waals surface area contributed by atoms with Crippen LogP contribution in [0.5, 0.6) is 0 Å². The second kappa shape index (κ2) is 4.45. The van der Waals surface area contributed by atoms with E-state index >= 15 is 0 Å². The van der Waals surface area contributed by atoms with Gasteiger partial charge < -0.3 is 10.2 Å². The maximum atomic E-state index is 13.1. The summed E-state index contributed by atoms with van der Waals surface area (Å²) < 4.78 is 18.8. The molecular formula is C13H17FN2O. The van der Waals surface area contributed by atoms with Crippen LogP contribution in [0.1, 0.15) is 32.6 Å². The number of hydrogen-bond acceptors (Lipinski definition) is 3. The van der Waals surface area contributed by atoms with E-state index in [-0.39, 0.29) is 11.2 Å². The molecule has 0 fully saturated rings. The van der Waals surface area contributed by atoms with Gasteiger partial charge in [0.25, 0.3) is 0 Å². The molecule has 0 radical (unpaired) electrons. The summed E-state index contributed by atoms with van der Waals surface area (Å²) in [6, 6.07) is 4.36. The van der Waals surface area contributed by atoms with Gasteiger partial charge in [-0.15, -0.1) is 0 Å². The van der Waals surface area contributed by atoms with Gasteiger partial charge in [0.2, 0.25) is 5.89 Å². The highest BCUT2D eigenvalue weighted by molar-refractivity contribution is 5.72. The molecule has 0 bridgehead atoms. The minimum Gasteiger partial charge on any atom is -0.440 e. The van der Waals surface area contributed by atoms with E-state index in [9.17, 15) is 4.39 Å². The lowest BCUT2D eigenvalue weighted by Gasteiger charge is -2.25. The van der Waals surface area contributed by atoms with Crippen LogP contribution in [-0.4, -0.2) is 11.5 Å². The molecule has 0 spiro atoms. The minimum atomic E-state index is -0.302. The van der Waals surface area contributed by atoms with E-state index in [0.717, 1.165) is 12.8 Å². The zero-order valence-corrected chi connectivity index (χ0v) is 10.2. The lowest BCUT2D eigenvalue weighted by molar-refractivity contribution is 0.316. The van der Waals surface area contributed by atoms with Gasteiger partial charge in [0.15, 0.2) is 5.58 Å². The molecule has 4 heteroatoms. The lowest BCUT2D eigenvalue weighted by atomic mass is 9.82. The number of benzene rings is 1. The largest absolute Gasteiger partial charge is 0.440 e. The van der Waals surface area contributed by atoms with E-state index in [1.165, 1.54) is 12.1 Å². The highest BCUT2D eigenvalue weighted by Gasteiger charge is 2.32. The van der Waals surface area contributed by atoms with Crippen LogP contribution in [0.3, 0.4) is 0 Å². The molecular weight excluding hydrogens is 219 g/mol. The second-order valence-corrected chi connectivity index (χ2v) is 4.32. The van der Waals surface area contributed by atoms with Crippen molar-refractivity contribution in [2.24, 2.45) is 5.73 Å². The summed E-state index contributed by atoms with van der Waals surface area (Å²) in [5.74, 6) is 0.314. The second-order valence-electron chi connectivity index (χ2n) is 4.32. The average Bonchev–Trinajstić information content (AvgIpc) is 2.75. The Balaban J connectivity index is 2.55. The molecule has 2 rings (SSSR count). The van der Waals surface area contributed by atoms with Crippen LogP contribution in [0.2, 0.25) is 0 Å². The molecule has 1 aromatic heterocycles. The van der Waals surface area contributed by atoms with Crippen LogP contribution < -0.4 is 5.73 Å². The predicted octanol–water partition coefficient (Wildman–Crippen LogP) is 2.98. The summed E-state index contributed by atoms with van der Waals surface area (Å²) in [6.07, 6.45) is 1.71. The van der Waals surface area contributed by atoms with Gasteiger partial charge in [-0.1, -0.05) is 13.8 Å². The highest BCUT2D eigenvalue weighted by Crippen LogP contribution is 2.32. The highest BCUT2D eigenvalue weighted by atomic mass is 19.1. The first-order valence-electron chi connectivity index (χ1n) is 5.92. The third-order valence-corrected chi connectivity index (χ3v) is 3.55. The first-order valence-corrected chi connectivity index (χ1v) is 5.92. The predicted molar refractivity (Wildman–Crippen MR) is 65.3 cm³/mol.